The summed E-state index contributed by atoms with van der Waals surface area (Å²) in [5.41, 5.74) is 0.0362. The Morgan fingerprint density at radius 3 is 2.42 bits per heavy atom. The lowest BCUT2D eigenvalue weighted by Crippen LogP contribution is -2.54. The van der Waals surface area contributed by atoms with E-state index < -0.39 is 11.1 Å². The third-order valence-corrected chi connectivity index (χ3v) is 4.56. The van der Waals surface area contributed by atoms with Gasteiger partial charge in [0.2, 0.25) is 0 Å². The number of amides is 1. The number of carbonyl (C=O) groups is 1. The third kappa shape index (κ3) is 5.22. The van der Waals surface area contributed by atoms with E-state index in [0.29, 0.717) is 32.5 Å². The fourth-order valence-corrected chi connectivity index (χ4v) is 2.86. The Morgan fingerprint density at radius 2 is 1.92 bits per heavy atom. The van der Waals surface area contributed by atoms with Crippen molar-refractivity contribution in [1.82, 2.24) is 10.2 Å². The largest absolute Gasteiger partial charge is 0.444 e. The van der Waals surface area contributed by atoms with Crippen molar-refractivity contribution in [3.05, 3.63) is 34.3 Å². The van der Waals surface area contributed by atoms with Crippen molar-refractivity contribution in [3.8, 4) is 6.07 Å². The maximum Gasteiger partial charge on any atom is 0.410 e. The SMILES string of the molecule is CC(C)(C)OC(=O)N1CCC(C#N)(NCc2ccc(Br)cc2)CC1. The number of rotatable bonds is 3. The number of nitriles is 1. The molecule has 0 saturated carbocycles. The molecule has 24 heavy (non-hydrogen) atoms. The van der Waals surface area contributed by atoms with Gasteiger partial charge in [0, 0.05) is 24.1 Å². The molecular formula is C18H24BrN3O2. The molecule has 0 atom stereocenters. The van der Waals surface area contributed by atoms with Crippen LogP contribution < -0.4 is 5.32 Å². The van der Waals surface area contributed by atoms with Gasteiger partial charge < -0.3 is 9.64 Å². The van der Waals surface area contributed by atoms with E-state index in [0.717, 1.165) is 10.0 Å². The lowest BCUT2D eigenvalue weighted by molar-refractivity contribution is 0.0174. The fraction of sp³-hybridized carbons (Fsp3) is 0.556. The maximum absolute atomic E-state index is 12.1. The fourth-order valence-electron chi connectivity index (χ4n) is 2.60. The molecule has 1 aromatic rings. The second-order valence-corrected chi connectivity index (χ2v) is 8.06. The third-order valence-electron chi connectivity index (χ3n) is 4.03. The van der Waals surface area contributed by atoms with E-state index in [-0.39, 0.29) is 6.09 Å². The molecule has 130 valence electrons. The van der Waals surface area contributed by atoms with Crippen molar-refractivity contribution in [3.63, 3.8) is 0 Å². The molecule has 1 aliphatic rings. The van der Waals surface area contributed by atoms with Gasteiger partial charge in [0.25, 0.3) is 0 Å². The summed E-state index contributed by atoms with van der Waals surface area (Å²) in [6, 6.07) is 10.4. The minimum atomic E-state index is -0.592. The first-order valence-electron chi connectivity index (χ1n) is 8.12. The number of piperidine rings is 1. The minimum absolute atomic E-state index is 0.304. The van der Waals surface area contributed by atoms with Gasteiger partial charge in [-0.25, -0.2) is 4.79 Å². The van der Waals surface area contributed by atoms with E-state index in [1.54, 1.807) is 4.90 Å². The Bertz CT molecular complexity index is 609. The standard InChI is InChI=1S/C18H24BrN3O2/c1-17(2,3)24-16(23)22-10-8-18(13-20,9-11-22)21-12-14-4-6-15(19)7-5-14/h4-7,21H,8-12H2,1-3H3. The van der Waals surface area contributed by atoms with E-state index >= 15 is 0 Å². The van der Waals surface area contributed by atoms with Crippen LogP contribution in [0.3, 0.4) is 0 Å². The molecule has 6 heteroatoms. The quantitative estimate of drug-likeness (QED) is 0.846. The average Bonchev–Trinajstić information content (AvgIpc) is 2.53. The van der Waals surface area contributed by atoms with Crippen LogP contribution in [0.4, 0.5) is 4.79 Å². The summed E-state index contributed by atoms with van der Waals surface area (Å²) in [5, 5.41) is 13.0. The second-order valence-electron chi connectivity index (χ2n) is 7.14. The summed E-state index contributed by atoms with van der Waals surface area (Å²) in [6.45, 7) is 7.25. The van der Waals surface area contributed by atoms with E-state index in [4.69, 9.17) is 4.74 Å². The summed E-state index contributed by atoms with van der Waals surface area (Å²) in [4.78, 5) is 13.8. The van der Waals surface area contributed by atoms with Gasteiger partial charge in [-0.2, -0.15) is 5.26 Å². The molecule has 1 heterocycles. The molecule has 0 bridgehead atoms. The number of nitrogens with zero attached hydrogens (tertiary/aromatic N) is 2. The van der Waals surface area contributed by atoms with Gasteiger partial charge in [-0.1, -0.05) is 28.1 Å². The van der Waals surface area contributed by atoms with Gasteiger partial charge in [0.05, 0.1) is 6.07 Å². The van der Waals surface area contributed by atoms with Gasteiger partial charge in [-0.3, -0.25) is 5.32 Å². The molecule has 1 aromatic carbocycles. The molecular weight excluding hydrogens is 370 g/mol. The van der Waals surface area contributed by atoms with Crippen LogP contribution in [0.2, 0.25) is 0 Å². The summed E-state index contributed by atoms with van der Waals surface area (Å²) in [7, 11) is 0. The maximum atomic E-state index is 12.1. The Morgan fingerprint density at radius 1 is 1.33 bits per heavy atom. The minimum Gasteiger partial charge on any atom is -0.444 e. The lowest BCUT2D eigenvalue weighted by atomic mass is 9.89. The van der Waals surface area contributed by atoms with Crippen LogP contribution in [0.15, 0.2) is 28.7 Å². The zero-order chi connectivity index (χ0) is 17.8. The molecule has 1 aliphatic heterocycles. The number of carbonyl (C=O) groups excluding carboxylic acids is 1. The van der Waals surface area contributed by atoms with Crippen LogP contribution in [0.5, 0.6) is 0 Å². The van der Waals surface area contributed by atoms with Gasteiger partial charge in [0.15, 0.2) is 0 Å². The number of halogens is 1. The van der Waals surface area contributed by atoms with Crippen LogP contribution >= 0.6 is 15.9 Å². The van der Waals surface area contributed by atoms with E-state index in [2.05, 4.69) is 27.3 Å². The Hall–Kier alpha value is -1.58. The highest BCUT2D eigenvalue weighted by Crippen LogP contribution is 2.24. The lowest BCUT2D eigenvalue weighted by Gasteiger charge is -2.38. The Kier molecular flexibility index (Phi) is 5.89. The molecule has 1 fully saturated rings. The highest BCUT2D eigenvalue weighted by atomic mass is 79.9. The molecule has 0 unspecified atom stereocenters. The molecule has 0 radical (unpaired) electrons. The van der Waals surface area contributed by atoms with E-state index in [9.17, 15) is 10.1 Å². The molecule has 1 amide bonds. The molecule has 5 nitrogen and oxygen atoms in total. The Balaban J connectivity index is 1.90. The van der Waals surface area contributed by atoms with Gasteiger partial charge in [0.1, 0.15) is 11.1 Å². The summed E-state index contributed by atoms with van der Waals surface area (Å²) in [6.07, 6.45) is 0.889. The first-order chi connectivity index (χ1) is 11.2. The molecule has 0 aliphatic carbocycles. The van der Waals surface area contributed by atoms with Gasteiger partial charge >= 0.3 is 6.09 Å². The first kappa shape index (κ1) is 18.8. The number of ether oxygens (including phenoxy) is 1. The average molecular weight is 394 g/mol. The second kappa shape index (κ2) is 7.54. The summed E-state index contributed by atoms with van der Waals surface area (Å²) < 4.78 is 6.43. The number of hydrogen-bond acceptors (Lipinski definition) is 4. The summed E-state index contributed by atoms with van der Waals surface area (Å²) >= 11 is 3.42. The molecule has 0 aromatic heterocycles. The predicted molar refractivity (Wildman–Crippen MR) is 96.4 cm³/mol. The van der Waals surface area contributed by atoms with Crippen molar-refractivity contribution < 1.29 is 9.53 Å². The van der Waals surface area contributed by atoms with Gasteiger partial charge in [-0.15, -0.1) is 0 Å². The smallest absolute Gasteiger partial charge is 0.410 e. The molecule has 1 saturated heterocycles. The first-order valence-corrected chi connectivity index (χ1v) is 8.91. The normalized spacial score (nSPS) is 17.2. The highest BCUT2D eigenvalue weighted by molar-refractivity contribution is 9.10. The zero-order valence-electron chi connectivity index (χ0n) is 14.4. The number of benzene rings is 1. The van der Waals surface area contributed by atoms with Crippen LogP contribution in [0.25, 0.3) is 0 Å². The van der Waals surface area contributed by atoms with Crippen molar-refractivity contribution in [2.24, 2.45) is 0 Å². The van der Waals surface area contributed by atoms with Crippen molar-refractivity contribution >= 4 is 22.0 Å². The molecule has 2 rings (SSSR count). The zero-order valence-corrected chi connectivity index (χ0v) is 16.0. The van der Waals surface area contributed by atoms with Crippen LogP contribution in [-0.4, -0.2) is 35.2 Å². The van der Waals surface area contributed by atoms with E-state index in [1.165, 1.54) is 0 Å². The van der Waals surface area contributed by atoms with Crippen molar-refractivity contribution in [2.45, 2.75) is 51.3 Å². The number of hydrogen-bond donors (Lipinski definition) is 1. The van der Waals surface area contributed by atoms with Crippen molar-refractivity contribution in [1.29, 1.82) is 5.26 Å². The van der Waals surface area contributed by atoms with Crippen LogP contribution in [0, 0.1) is 11.3 Å². The Labute approximate surface area is 152 Å². The predicted octanol–water partition coefficient (Wildman–Crippen LogP) is 3.83. The molecule has 0 spiro atoms. The monoisotopic (exact) mass is 393 g/mol. The van der Waals surface area contributed by atoms with Crippen LogP contribution in [-0.2, 0) is 11.3 Å². The summed E-state index contributed by atoms with van der Waals surface area (Å²) in [5.74, 6) is 0. The topological polar surface area (TPSA) is 65.4 Å². The van der Waals surface area contributed by atoms with Gasteiger partial charge in [-0.05, 0) is 51.3 Å². The van der Waals surface area contributed by atoms with Crippen molar-refractivity contribution in [2.75, 3.05) is 13.1 Å². The van der Waals surface area contributed by atoms with Crippen LogP contribution in [0.1, 0.15) is 39.2 Å². The number of nitrogens with one attached hydrogen (secondary N) is 1. The highest BCUT2D eigenvalue weighted by Gasteiger charge is 2.36. The molecule has 1 N–H and O–H groups in total. The van der Waals surface area contributed by atoms with E-state index in [1.807, 2.05) is 45.0 Å². The number of likely N-dealkylation sites (tertiary alicyclic amines) is 1.